The normalized spacial score (nSPS) is 16.8. The first-order chi connectivity index (χ1) is 18.5. The Morgan fingerprint density at radius 3 is 2.53 bits per heavy atom. The molecule has 2 aromatic heterocycles. The zero-order valence-corrected chi connectivity index (χ0v) is 22.1. The van der Waals surface area contributed by atoms with Gasteiger partial charge in [-0.1, -0.05) is 73.2 Å². The molecule has 2 atom stereocenters. The van der Waals surface area contributed by atoms with Gasteiger partial charge in [0.25, 0.3) is 0 Å². The standard InChI is InChI=1S/C31H32N6O/c1-4-25(23-12-6-5-7-13-23)30(38)36-18-17-35(20-22(36)3)31-32-27-16-9-8-15-26(27)29-34-33-28(37(29)31)24-14-10-11-21(2)19-24/h5-16,19,22,25H,4,17-18,20H2,1-3H3/t22-,25-/m1/s1. The molecule has 1 aliphatic heterocycles. The smallest absolute Gasteiger partial charge is 0.230 e. The van der Waals surface area contributed by atoms with Gasteiger partial charge in [0, 0.05) is 36.6 Å². The number of hydrogen-bond donors (Lipinski definition) is 0. The summed E-state index contributed by atoms with van der Waals surface area (Å²) in [6, 6.07) is 26.6. The fourth-order valence-electron chi connectivity index (χ4n) is 5.65. The van der Waals surface area contributed by atoms with Crippen LogP contribution in [0.2, 0.25) is 0 Å². The number of para-hydroxylation sites is 1. The third-order valence-corrected chi connectivity index (χ3v) is 7.61. The van der Waals surface area contributed by atoms with Crippen LogP contribution in [-0.4, -0.2) is 56.1 Å². The van der Waals surface area contributed by atoms with Crippen LogP contribution < -0.4 is 4.90 Å². The Morgan fingerprint density at radius 2 is 1.76 bits per heavy atom. The van der Waals surface area contributed by atoms with Gasteiger partial charge in [-0.25, -0.2) is 9.38 Å². The second-order valence-electron chi connectivity index (χ2n) is 10.2. The van der Waals surface area contributed by atoms with Crippen LogP contribution >= 0.6 is 0 Å². The summed E-state index contributed by atoms with van der Waals surface area (Å²) >= 11 is 0. The quantitative estimate of drug-likeness (QED) is 0.317. The number of fused-ring (bicyclic) bond motifs is 3. The zero-order valence-electron chi connectivity index (χ0n) is 22.1. The zero-order chi connectivity index (χ0) is 26.2. The third kappa shape index (κ3) is 4.18. The average molecular weight is 505 g/mol. The number of aromatic nitrogens is 4. The van der Waals surface area contributed by atoms with Crippen LogP contribution in [0, 0.1) is 6.92 Å². The first-order valence-electron chi connectivity index (χ1n) is 13.4. The van der Waals surface area contributed by atoms with E-state index in [0.29, 0.717) is 19.6 Å². The van der Waals surface area contributed by atoms with E-state index < -0.39 is 0 Å². The predicted molar refractivity (Wildman–Crippen MR) is 151 cm³/mol. The summed E-state index contributed by atoms with van der Waals surface area (Å²) in [4.78, 5) is 23.1. The van der Waals surface area contributed by atoms with Gasteiger partial charge in [0.1, 0.15) is 0 Å². The number of amides is 1. The van der Waals surface area contributed by atoms with Crippen LogP contribution in [0.1, 0.15) is 37.3 Å². The summed E-state index contributed by atoms with van der Waals surface area (Å²) in [7, 11) is 0. The van der Waals surface area contributed by atoms with Gasteiger partial charge in [0.05, 0.1) is 11.4 Å². The first kappa shape index (κ1) is 24.1. The summed E-state index contributed by atoms with van der Waals surface area (Å²) in [5.41, 5.74) is 4.94. The number of aryl methyl sites for hydroxylation is 1. The molecule has 5 aromatic rings. The van der Waals surface area contributed by atoms with Crippen molar-refractivity contribution in [1.29, 1.82) is 0 Å². The lowest BCUT2D eigenvalue weighted by Crippen LogP contribution is -2.55. The maximum absolute atomic E-state index is 13.7. The molecular weight excluding hydrogens is 472 g/mol. The van der Waals surface area contributed by atoms with Gasteiger partial charge in [0.15, 0.2) is 11.5 Å². The maximum atomic E-state index is 13.7. The Bertz CT molecular complexity index is 1610. The lowest BCUT2D eigenvalue weighted by atomic mass is 9.94. The van der Waals surface area contributed by atoms with E-state index in [9.17, 15) is 4.79 Å². The molecule has 0 unspecified atom stereocenters. The lowest BCUT2D eigenvalue weighted by molar-refractivity contribution is -0.135. The van der Waals surface area contributed by atoms with Crippen LogP contribution in [-0.2, 0) is 4.79 Å². The molecule has 0 aliphatic carbocycles. The molecule has 0 radical (unpaired) electrons. The molecule has 0 spiro atoms. The van der Waals surface area contributed by atoms with Crippen LogP contribution in [0.4, 0.5) is 5.95 Å². The van der Waals surface area contributed by atoms with E-state index in [1.54, 1.807) is 0 Å². The molecule has 3 aromatic carbocycles. The second kappa shape index (κ2) is 9.89. The van der Waals surface area contributed by atoms with Gasteiger partial charge in [-0.05, 0) is 44.0 Å². The number of carbonyl (C=O) groups is 1. The van der Waals surface area contributed by atoms with Crippen molar-refractivity contribution in [2.24, 2.45) is 0 Å². The largest absolute Gasteiger partial charge is 0.338 e. The molecule has 0 bridgehead atoms. The Hall–Kier alpha value is -4.26. The molecule has 0 N–H and O–H groups in total. The Labute approximate surface area is 222 Å². The molecular formula is C31H32N6O. The highest BCUT2D eigenvalue weighted by Gasteiger charge is 2.33. The Morgan fingerprint density at radius 1 is 0.974 bits per heavy atom. The molecule has 1 amide bonds. The van der Waals surface area contributed by atoms with E-state index in [1.807, 2.05) is 53.4 Å². The van der Waals surface area contributed by atoms with Gasteiger partial charge in [-0.3, -0.25) is 4.79 Å². The van der Waals surface area contributed by atoms with E-state index in [4.69, 9.17) is 4.98 Å². The monoisotopic (exact) mass is 504 g/mol. The Balaban J connectivity index is 1.37. The van der Waals surface area contributed by atoms with Gasteiger partial charge in [-0.2, -0.15) is 0 Å². The summed E-state index contributed by atoms with van der Waals surface area (Å²) < 4.78 is 2.08. The topological polar surface area (TPSA) is 66.6 Å². The lowest BCUT2D eigenvalue weighted by Gasteiger charge is -2.41. The average Bonchev–Trinajstić information content (AvgIpc) is 3.39. The van der Waals surface area contributed by atoms with Gasteiger partial charge in [-0.15, -0.1) is 10.2 Å². The minimum Gasteiger partial charge on any atom is -0.338 e. The van der Waals surface area contributed by atoms with Crippen LogP contribution in [0.15, 0.2) is 78.9 Å². The number of hydrogen-bond acceptors (Lipinski definition) is 5. The number of nitrogens with zero attached hydrogens (tertiary/aromatic N) is 6. The highest BCUT2D eigenvalue weighted by molar-refractivity contribution is 5.93. The predicted octanol–water partition coefficient (Wildman–Crippen LogP) is 5.48. The van der Waals surface area contributed by atoms with Crippen molar-refractivity contribution in [3.63, 3.8) is 0 Å². The van der Waals surface area contributed by atoms with E-state index in [-0.39, 0.29) is 17.9 Å². The van der Waals surface area contributed by atoms with Crippen molar-refractivity contribution in [1.82, 2.24) is 24.5 Å². The summed E-state index contributed by atoms with van der Waals surface area (Å²) in [6.07, 6.45) is 0.781. The molecule has 38 heavy (non-hydrogen) atoms. The molecule has 0 saturated carbocycles. The maximum Gasteiger partial charge on any atom is 0.230 e. The minimum absolute atomic E-state index is 0.0382. The number of rotatable bonds is 5. The third-order valence-electron chi connectivity index (χ3n) is 7.61. The van der Waals surface area contributed by atoms with E-state index >= 15 is 0 Å². The SMILES string of the molecule is CC[C@@H](C(=O)N1CCN(c2nc3ccccc3c3nnc(-c4cccc(C)c4)n23)C[C@H]1C)c1ccccc1. The number of benzene rings is 3. The molecule has 1 aliphatic rings. The first-order valence-corrected chi connectivity index (χ1v) is 13.4. The molecule has 192 valence electrons. The summed E-state index contributed by atoms with van der Waals surface area (Å²) in [5.74, 6) is 1.67. The molecule has 1 fully saturated rings. The van der Waals surface area contributed by atoms with Crippen molar-refractivity contribution in [2.75, 3.05) is 24.5 Å². The fraction of sp³-hybridized carbons (Fsp3) is 0.290. The number of anilines is 1. The molecule has 7 nitrogen and oxygen atoms in total. The van der Waals surface area contributed by atoms with Gasteiger partial charge >= 0.3 is 0 Å². The van der Waals surface area contributed by atoms with E-state index in [2.05, 4.69) is 70.6 Å². The van der Waals surface area contributed by atoms with E-state index in [0.717, 1.165) is 45.9 Å². The van der Waals surface area contributed by atoms with Crippen molar-refractivity contribution < 1.29 is 4.79 Å². The van der Waals surface area contributed by atoms with E-state index in [1.165, 1.54) is 5.56 Å². The minimum atomic E-state index is -0.124. The number of piperazine rings is 1. The molecule has 3 heterocycles. The van der Waals surface area contributed by atoms with Crippen molar-refractivity contribution >= 4 is 28.4 Å². The van der Waals surface area contributed by atoms with Crippen LogP contribution in [0.5, 0.6) is 0 Å². The molecule has 7 heteroatoms. The van der Waals surface area contributed by atoms with Crippen LogP contribution in [0.3, 0.4) is 0 Å². The van der Waals surface area contributed by atoms with Crippen molar-refractivity contribution in [3.8, 4) is 11.4 Å². The highest BCUT2D eigenvalue weighted by Crippen LogP contribution is 2.31. The van der Waals surface area contributed by atoms with Gasteiger partial charge in [0.2, 0.25) is 11.9 Å². The van der Waals surface area contributed by atoms with Crippen molar-refractivity contribution in [3.05, 3.63) is 90.0 Å². The van der Waals surface area contributed by atoms with Gasteiger partial charge < -0.3 is 9.80 Å². The summed E-state index contributed by atoms with van der Waals surface area (Å²) in [5, 5.41) is 10.2. The fourth-order valence-corrected chi connectivity index (χ4v) is 5.65. The Kier molecular flexibility index (Phi) is 6.27. The molecule has 6 rings (SSSR count). The van der Waals surface area contributed by atoms with Crippen LogP contribution in [0.25, 0.3) is 27.9 Å². The van der Waals surface area contributed by atoms with Crippen molar-refractivity contribution in [2.45, 2.75) is 39.2 Å². The second-order valence-corrected chi connectivity index (χ2v) is 10.2. The summed E-state index contributed by atoms with van der Waals surface area (Å²) in [6.45, 7) is 8.31. The highest BCUT2D eigenvalue weighted by atomic mass is 16.2. The number of carbonyl (C=O) groups excluding carboxylic acids is 1. The molecule has 1 saturated heterocycles.